The average molecular weight is 1420 g/mol. The van der Waals surface area contributed by atoms with Gasteiger partial charge in [-0.25, -0.2) is 5.06 Å². The van der Waals surface area contributed by atoms with Gasteiger partial charge in [-0.1, -0.05) is 95.2 Å². The van der Waals surface area contributed by atoms with Crippen LogP contribution in [0.25, 0.3) is 0 Å². The monoisotopic (exact) mass is 1420 g/mol. The Morgan fingerprint density at radius 2 is 1.04 bits per heavy atom. The van der Waals surface area contributed by atoms with E-state index in [-0.39, 0.29) is 56.0 Å². The van der Waals surface area contributed by atoms with E-state index in [1.807, 2.05) is 72.7 Å². The van der Waals surface area contributed by atoms with E-state index in [9.17, 15) is 24.0 Å². The van der Waals surface area contributed by atoms with Gasteiger partial charge in [0, 0.05) is 62.0 Å². The summed E-state index contributed by atoms with van der Waals surface area (Å²) in [5, 5.41) is 12.2. The zero-order chi connectivity index (χ0) is 76.2. The molecular formula is C74H126N12O15. The van der Waals surface area contributed by atoms with Crippen LogP contribution >= 0.6 is 0 Å². The van der Waals surface area contributed by atoms with Crippen LogP contribution in [0.5, 0.6) is 5.75 Å². The number of rotatable bonds is 22. The molecule has 572 valence electrons. The molecule has 0 bridgehead atoms. The van der Waals surface area contributed by atoms with Gasteiger partial charge in [0.1, 0.15) is 72.3 Å². The van der Waals surface area contributed by atoms with Gasteiger partial charge in [-0.3, -0.25) is 62.5 Å². The average Bonchev–Trinajstić information content (AvgIpc) is 0.752. The van der Waals surface area contributed by atoms with E-state index in [0.717, 1.165) is 42.4 Å². The normalized spacial score (nSPS) is 27.3. The predicted molar refractivity (Wildman–Crippen MR) is 385 cm³/mol. The van der Waals surface area contributed by atoms with Gasteiger partial charge in [-0.15, -0.1) is 0 Å². The standard InChI is InChI=1S/C74H126N12O15/c1-24-55-70(93)79(17)51(15)69(92)84(22)61(52(16)100-37-26-25-34-85-35-38-99-39-36-85)66(89)78-59(46(8)9)73(96)80(18)56(40-43(2)3)65(88)75-49(13)64(87)76-50(14)68(91)81(19)57(41-44(4)5)71(94)82(20)58(42-45(6)7)72(95)83(21)60(47(10)11)74(97)86-62(67(90)77-55)63(101-86)48(12)28-27-29-53-30-32-54(98-23)33-31-53/h30-33,43-52,55-63H,24-29,34-42H2,1-23H3,(H,75,88)(H,76,87)(H,77,90)(H,78,89)/t48-,49+,50-,51-,52-,55+,56+,57+,58+,59+,60+,61+,62+,63-/m1/s1. The lowest BCUT2D eigenvalue weighted by molar-refractivity contribution is -0.322. The molecule has 3 aliphatic heterocycles. The number of nitrogens with one attached hydrogen (secondary N) is 4. The molecule has 27 nitrogen and oxygen atoms in total. The van der Waals surface area contributed by atoms with Gasteiger partial charge in [0.2, 0.25) is 59.1 Å². The molecule has 101 heavy (non-hydrogen) atoms. The van der Waals surface area contributed by atoms with Crippen LogP contribution in [0.4, 0.5) is 0 Å². The highest BCUT2D eigenvalue weighted by Gasteiger charge is 2.55. The first-order valence-corrected chi connectivity index (χ1v) is 36.7. The fourth-order valence-corrected chi connectivity index (χ4v) is 13.5. The third-order valence-electron chi connectivity index (χ3n) is 20.0. The van der Waals surface area contributed by atoms with Gasteiger partial charge in [0.25, 0.3) is 5.91 Å². The van der Waals surface area contributed by atoms with Crippen LogP contribution in [0.3, 0.4) is 0 Å². The summed E-state index contributed by atoms with van der Waals surface area (Å²) in [4.78, 5) is 180. The van der Waals surface area contributed by atoms with Gasteiger partial charge in [0.05, 0.1) is 26.4 Å². The maximum absolute atomic E-state index is 15.4. The van der Waals surface area contributed by atoms with Crippen molar-refractivity contribution in [3.05, 3.63) is 29.8 Å². The molecule has 0 radical (unpaired) electrons. The summed E-state index contributed by atoms with van der Waals surface area (Å²) in [6, 6.07) is -5.98. The predicted octanol–water partition coefficient (Wildman–Crippen LogP) is 4.52. The van der Waals surface area contributed by atoms with E-state index in [4.69, 9.17) is 19.0 Å². The Labute approximate surface area is 602 Å². The summed E-state index contributed by atoms with van der Waals surface area (Å²) in [7, 11) is 10.3. The second-order valence-corrected chi connectivity index (χ2v) is 30.2. The van der Waals surface area contributed by atoms with E-state index >= 15 is 28.8 Å². The molecular weight excluding hydrogens is 1300 g/mol. The number of methoxy groups -OCH3 is 1. The third kappa shape index (κ3) is 23.5. The largest absolute Gasteiger partial charge is 0.497 e. The summed E-state index contributed by atoms with van der Waals surface area (Å²) in [6.07, 6.45) is 1.95. The van der Waals surface area contributed by atoms with E-state index < -0.39 is 155 Å². The number of carbonyl (C=O) groups is 11. The van der Waals surface area contributed by atoms with Gasteiger partial charge in [-0.2, -0.15) is 0 Å². The summed E-state index contributed by atoms with van der Waals surface area (Å²) < 4.78 is 17.3. The number of aryl methyl sites for hydroxylation is 1. The molecule has 1 aromatic rings. The highest BCUT2D eigenvalue weighted by Crippen LogP contribution is 2.35. The van der Waals surface area contributed by atoms with Gasteiger partial charge >= 0.3 is 0 Å². The van der Waals surface area contributed by atoms with Crippen molar-refractivity contribution in [2.75, 3.05) is 88.9 Å². The summed E-state index contributed by atoms with van der Waals surface area (Å²) >= 11 is 0. The van der Waals surface area contributed by atoms with Crippen LogP contribution in [0, 0.1) is 35.5 Å². The minimum absolute atomic E-state index is 0.0415. The van der Waals surface area contributed by atoms with Crippen molar-refractivity contribution in [3.8, 4) is 5.75 Å². The summed E-state index contributed by atoms with van der Waals surface area (Å²) in [5.74, 6) is -8.65. The van der Waals surface area contributed by atoms with E-state index in [2.05, 4.69) is 26.2 Å². The minimum Gasteiger partial charge on any atom is -0.497 e. The molecule has 0 aliphatic carbocycles. The first-order chi connectivity index (χ1) is 47.3. The zero-order valence-electron chi connectivity index (χ0n) is 65.1. The Morgan fingerprint density at radius 3 is 1.57 bits per heavy atom. The second-order valence-electron chi connectivity index (χ2n) is 30.2. The van der Waals surface area contributed by atoms with Gasteiger partial charge in [0.15, 0.2) is 6.04 Å². The number of hydroxylamine groups is 2. The Hall–Kier alpha value is -6.97. The van der Waals surface area contributed by atoms with Crippen molar-refractivity contribution in [3.63, 3.8) is 0 Å². The number of benzene rings is 1. The highest BCUT2D eigenvalue weighted by molar-refractivity contribution is 6.00. The first-order valence-electron chi connectivity index (χ1n) is 36.7. The molecule has 3 heterocycles. The van der Waals surface area contributed by atoms with Crippen molar-refractivity contribution in [2.45, 2.75) is 247 Å². The molecule has 0 saturated carbocycles. The molecule has 3 aliphatic rings. The number of amides is 11. The van der Waals surface area contributed by atoms with Crippen LogP contribution in [-0.2, 0) is 73.5 Å². The number of likely N-dealkylation sites (N-methyl/N-ethyl adjacent to an activating group) is 6. The highest BCUT2D eigenvalue weighted by atomic mass is 16.7. The number of ether oxygens (including phenoxy) is 3. The van der Waals surface area contributed by atoms with E-state index in [1.165, 1.54) is 92.5 Å². The lowest BCUT2D eigenvalue weighted by atomic mass is 9.88. The fraction of sp³-hybridized carbons (Fsp3) is 0.770. The number of carbonyl (C=O) groups excluding carboxylic acids is 11. The van der Waals surface area contributed by atoms with Crippen LogP contribution in [0.2, 0.25) is 0 Å². The van der Waals surface area contributed by atoms with Gasteiger partial charge in [-0.05, 0) is 145 Å². The second kappa shape index (κ2) is 40.2. The Morgan fingerprint density at radius 1 is 0.515 bits per heavy atom. The van der Waals surface area contributed by atoms with Crippen LogP contribution in [-0.4, -0.2) is 272 Å². The first kappa shape index (κ1) is 86.4. The summed E-state index contributed by atoms with van der Waals surface area (Å²) in [5.41, 5.74) is 1.06. The molecule has 0 unspecified atom stereocenters. The fourth-order valence-electron chi connectivity index (χ4n) is 13.5. The zero-order valence-corrected chi connectivity index (χ0v) is 65.1. The Bertz CT molecular complexity index is 2930. The number of fused-ring (bicyclic) bond motifs is 1. The number of nitrogens with zero attached hydrogens (tertiary/aromatic N) is 8. The molecule has 3 saturated heterocycles. The molecule has 11 amide bonds. The number of hydrogen-bond acceptors (Lipinski definition) is 16. The smallest absolute Gasteiger partial charge is 0.270 e. The molecule has 0 spiro atoms. The topological polar surface area (TPSA) is 299 Å². The molecule has 4 rings (SSSR count). The van der Waals surface area contributed by atoms with Crippen molar-refractivity contribution in [1.82, 2.24) is 60.6 Å². The van der Waals surface area contributed by atoms with E-state index in [0.29, 0.717) is 38.9 Å². The van der Waals surface area contributed by atoms with Crippen LogP contribution < -0.4 is 26.0 Å². The SMILES string of the molecule is CC[C@@H]1NC(=O)[C@@H]2[C@@H]([C@H](C)CCCc3ccc(OC)cc3)ON2C(=O)[C@H](C(C)C)N(C)C(=O)[C@H](CC(C)C)N(C)C(=O)[C@H](CC(C)C)N(C)C(=O)[C@@H](C)NC(=O)[C@H](C)NC(=O)[C@H](CC(C)C)N(C)C(=O)[C@H](C(C)C)NC(=O)[C@H]([C@@H](C)OCCCCN2CCOCC2)N(C)C(=O)[C@@H](C)N(C)C1=O. The number of hydrogen-bond donors (Lipinski definition) is 4. The molecule has 14 atom stereocenters. The minimum atomic E-state index is -1.39. The van der Waals surface area contributed by atoms with E-state index in [1.54, 1.807) is 48.7 Å². The van der Waals surface area contributed by atoms with Crippen LogP contribution in [0.1, 0.15) is 168 Å². The van der Waals surface area contributed by atoms with Gasteiger partial charge < -0.3 is 64.9 Å². The van der Waals surface area contributed by atoms with Crippen molar-refractivity contribution in [2.24, 2.45) is 35.5 Å². The molecule has 0 aromatic heterocycles. The van der Waals surface area contributed by atoms with Crippen molar-refractivity contribution >= 4 is 65.0 Å². The molecule has 3 fully saturated rings. The lowest BCUT2D eigenvalue weighted by Gasteiger charge is -2.50. The maximum Gasteiger partial charge on any atom is 0.270 e. The quantitative estimate of drug-likeness (QED) is 0.116. The number of morpholine rings is 1. The van der Waals surface area contributed by atoms with Crippen molar-refractivity contribution < 1.29 is 71.8 Å². The number of unbranched alkanes of at least 4 members (excludes halogenated alkanes) is 1. The van der Waals surface area contributed by atoms with Crippen molar-refractivity contribution in [1.29, 1.82) is 0 Å². The van der Waals surface area contributed by atoms with Crippen LogP contribution in [0.15, 0.2) is 24.3 Å². The maximum atomic E-state index is 15.4. The molecule has 27 heteroatoms. The Balaban J connectivity index is 1.88. The Kier molecular flexibility index (Phi) is 34.4. The molecule has 4 N–H and O–H groups in total. The summed E-state index contributed by atoms with van der Waals surface area (Å²) in [6.45, 7) is 31.8. The molecule has 1 aromatic carbocycles. The lowest BCUT2D eigenvalue weighted by Crippen LogP contribution is -2.72. The third-order valence-corrected chi connectivity index (χ3v) is 20.0.